The number of nitrogens with one attached hydrogen (secondary N) is 2. The van der Waals surface area contributed by atoms with E-state index in [0.717, 1.165) is 89.5 Å². The highest BCUT2D eigenvalue weighted by atomic mass is 16.2. The molecule has 1 spiro atoms. The highest BCUT2D eigenvalue weighted by molar-refractivity contribution is 6.09. The Labute approximate surface area is 416 Å². The Morgan fingerprint density at radius 3 is 2.30 bits per heavy atom. The minimum Gasteiger partial charge on any atom is -0.366 e. The number of imide groups is 1. The smallest absolute Gasteiger partial charge is 0.238 e. The van der Waals surface area contributed by atoms with E-state index in [9.17, 15) is 19.2 Å². The molecular weight excluding hydrogens is 895 g/mol. The summed E-state index contributed by atoms with van der Waals surface area (Å²) in [5.74, 6) is 0.876. The summed E-state index contributed by atoms with van der Waals surface area (Å²) >= 11 is 0. The summed E-state index contributed by atoms with van der Waals surface area (Å²) in [6, 6.07) is 13.8. The number of hydrogen-bond donors (Lipinski definition) is 2. The molecule has 5 saturated heterocycles. The van der Waals surface area contributed by atoms with Crippen molar-refractivity contribution in [3.63, 3.8) is 0 Å². The van der Waals surface area contributed by atoms with Crippen LogP contribution in [0.15, 0.2) is 48.9 Å². The third-order valence-electron chi connectivity index (χ3n) is 17.8. The summed E-state index contributed by atoms with van der Waals surface area (Å²) in [5.41, 5.74) is 5.96. The number of anilines is 3. The molecule has 9 heterocycles. The number of hydrogen-bond acceptors (Lipinski definition) is 11. The van der Waals surface area contributed by atoms with Crippen molar-refractivity contribution in [1.82, 2.24) is 39.5 Å². The zero-order valence-electron chi connectivity index (χ0n) is 41.7. The largest absolute Gasteiger partial charge is 0.366 e. The first-order valence-electron chi connectivity index (χ1n) is 26.9. The Kier molecular flexibility index (Phi) is 11.9. The number of rotatable bonds is 10. The number of piperidine rings is 4. The van der Waals surface area contributed by atoms with Gasteiger partial charge in [-0.1, -0.05) is 31.5 Å². The molecule has 2 N–H and O–H groups in total. The number of aromatic nitrogens is 4. The molecule has 7 fully saturated rings. The van der Waals surface area contributed by atoms with Crippen molar-refractivity contribution in [3.8, 4) is 11.3 Å². The standard InChI is InChI=1S/C55H69N11O5/c1-33(2)65-32-57-45-28-44(59-50(49(45)65)58-38-9-10-38)36-7-12-43-46(25-36)66(40-26-39(27-40)61-19-5-4-6-20-61)54(71)55(43)17-23-63(24-18-55)53(70)42-31-64(30-34(42)3)52(69)35-15-21-62(22-16-35)47-13-8-37(29-56-47)41-11-14-48(67)60-51(41)68/h7-8,12-13,25,28-29,32-35,38-42H,4-6,9-11,14-24,26-27,30-31H2,1-3H3,(H,58,59)(H,60,67,68)/t34?,39-,40+,41?,42?. The van der Waals surface area contributed by atoms with Crippen LogP contribution in [0.3, 0.4) is 0 Å². The van der Waals surface area contributed by atoms with Crippen molar-refractivity contribution in [2.24, 2.45) is 17.8 Å². The number of imidazole rings is 1. The Balaban J connectivity index is 0.721. The Morgan fingerprint density at radius 2 is 1.59 bits per heavy atom. The van der Waals surface area contributed by atoms with Crippen LogP contribution in [0.5, 0.6) is 0 Å². The third-order valence-corrected chi connectivity index (χ3v) is 17.8. The first kappa shape index (κ1) is 46.2. The predicted octanol–water partition coefficient (Wildman–Crippen LogP) is 6.40. The van der Waals surface area contributed by atoms with Crippen LogP contribution in [0, 0.1) is 17.8 Å². The molecule has 12 rings (SSSR count). The summed E-state index contributed by atoms with van der Waals surface area (Å²) in [4.78, 5) is 93.6. The molecule has 1 aromatic carbocycles. The van der Waals surface area contributed by atoms with Crippen molar-refractivity contribution >= 4 is 57.9 Å². The van der Waals surface area contributed by atoms with Gasteiger partial charge in [0.15, 0.2) is 5.82 Å². The molecule has 0 radical (unpaired) electrons. The zero-order chi connectivity index (χ0) is 48.7. The molecule has 2 aliphatic carbocycles. The van der Waals surface area contributed by atoms with Gasteiger partial charge in [-0.2, -0.15) is 0 Å². The van der Waals surface area contributed by atoms with E-state index < -0.39 is 5.41 Å². The monoisotopic (exact) mass is 964 g/mol. The van der Waals surface area contributed by atoms with Gasteiger partial charge in [-0.3, -0.25) is 29.3 Å². The van der Waals surface area contributed by atoms with Crippen LogP contribution in [0.2, 0.25) is 0 Å². The fourth-order valence-electron chi connectivity index (χ4n) is 13.3. The van der Waals surface area contributed by atoms with Gasteiger partial charge in [-0.25, -0.2) is 15.0 Å². The third kappa shape index (κ3) is 8.35. The fraction of sp³-hybridized carbons (Fsp3) is 0.600. The van der Waals surface area contributed by atoms with Crippen molar-refractivity contribution < 1.29 is 24.0 Å². The topological polar surface area (TPSA) is 169 Å². The summed E-state index contributed by atoms with van der Waals surface area (Å²) in [6.07, 6.45) is 15.1. The Morgan fingerprint density at radius 1 is 0.817 bits per heavy atom. The van der Waals surface area contributed by atoms with Gasteiger partial charge in [0.05, 0.1) is 34.8 Å². The summed E-state index contributed by atoms with van der Waals surface area (Å²) < 4.78 is 2.19. The van der Waals surface area contributed by atoms with Crippen LogP contribution in [-0.2, 0) is 29.4 Å². The van der Waals surface area contributed by atoms with E-state index in [2.05, 4.69) is 79.9 Å². The molecule has 3 unspecified atom stereocenters. The molecule has 4 aromatic rings. The maximum absolute atomic E-state index is 15.3. The highest BCUT2D eigenvalue weighted by Crippen LogP contribution is 2.52. The molecule has 5 amide bonds. The lowest BCUT2D eigenvalue weighted by Crippen LogP contribution is -2.58. The minimum absolute atomic E-state index is 0.0377. The van der Waals surface area contributed by atoms with Crippen molar-refractivity contribution in [2.75, 3.05) is 67.5 Å². The molecule has 374 valence electrons. The van der Waals surface area contributed by atoms with Crippen LogP contribution >= 0.6 is 0 Å². The predicted molar refractivity (Wildman–Crippen MR) is 271 cm³/mol. The maximum Gasteiger partial charge on any atom is 0.238 e. The number of pyridine rings is 2. The fourth-order valence-corrected chi connectivity index (χ4v) is 13.3. The van der Waals surface area contributed by atoms with Crippen molar-refractivity contribution in [3.05, 3.63) is 60.0 Å². The lowest BCUT2D eigenvalue weighted by molar-refractivity contribution is -0.140. The minimum atomic E-state index is -0.698. The van der Waals surface area contributed by atoms with E-state index in [-0.39, 0.29) is 65.3 Å². The van der Waals surface area contributed by atoms with Gasteiger partial charge in [0.2, 0.25) is 29.5 Å². The van der Waals surface area contributed by atoms with E-state index in [0.29, 0.717) is 89.9 Å². The lowest BCUT2D eigenvalue weighted by Gasteiger charge is -2.48. The van der Waals surface area contributed by atoms with Crippen LogP contribution in [0.4, 0.5) is 17.3 Å². The molecule has 8 aliphatic rings. The molecule has 2 saturated carbocycles. The number of likely N-dealkylation sites (tertiary alicyclic amines) is 3. The van der Waals surface area contributed by atoms with Crippen LogP contribution in [0.1, 0.15) is 127 Å². The summed E-state index contributed by atoms with van der Waals surface area (Å²) in [5, 5.41) is 6.13. The highest BCUT2D eigenvalue weighted by Gasteiger charge is 2.56. The van der Waals surface area contributed by atoms with Crippen LogP contribution in [0.25, 0.3) is 22.3 Å². The van der Waals surface area contributed by atoms with Gasteiger partial charge < -0.3 is 34.4 Å². The van der Waals surface area contributed by atoms with Crippen LogP contribution in [-0.4, -0.2) is 134 Å². The molecule has 71 heavy (non-hydrogen) atoms. The van der Waals surface area contributed by atoms with Gasteiger partial charge in [0.1, 0.15) is 11.3 Å². The number of nitrogens with zero attached hydrogens (tertiary/aromatic N) is 9. The maximum atomic E-state index is 15.3. The van der Waals surface area contributed by atoms with Crippen molar-refractivity contribution in [2.45, 2.75) is 140 Å². The second-order valence-corrected chi connectivity index (χ2v) is 22.6. The molecule has 16 nitrogen and oxygen atoms in total. The molecule has 3 atom stereocenters. The second kappa shape index (κ2) is 18.3. The quantitative estimate of drug-likeness (QED) is 0.169. The molecule has 0 bridgehead atoms. The number of carbonyl (C=O) groups excluding carboxylic acids is 5. The average molecular weight is 964 g/mol. The Bertz CT molecular complexity index is 2740. The van der Waals surface area contributed by atoms with Crippen LogP contribution < -0.4 is 20.4 Å². The van der Waals surface area contributed by atoms with E-state index >= 15 is 4.79 Å². The first-order chi connectivity index (χ1) is 34.4. The first-order valence-corrected chi connectivity index (χ1v) is 26.9. The van der Waals surface area contributed by atoms with E-state index in [4.69, 9.17) is 9.97 Å². The molecule has 16 heteroatoms. The van der Waals surface area contributed by atoms with E-state index in [1.54, 1.807) is 6.20 Å². The van der Waals surface area contributed by atoms with Gasteiger partial charge in [-0.05, 0) is 133 Å². The number of carbonyl (C=O) groups is 5. The number of fused-ring (bicyclic) bond motifs is 3. The molecule has 3 aromatic heterocycles. The summed E-state index contributed by atoms with van der Waals surface area (Å²) in [6.45, 7) is 12.1. The van der Waals surface area contributed by atoms with Gasteiger partial charge in [-0.15, -0.1) is 0 Å². The molecular formula is C55H69N11O5. The normalized spacial score (nSPS) is 27.2. The lowest BCUT2D eigenvalue weighted by atomic mass is 9.73. The van der Waals surface area contributed by atoms with E-state index in [1.165, 1.54) is 19.3 Å². The average Bonchev–Trinajstić information content (AvgIpc) is 3.86. The SMILES string of the molecule is CC1CN(C(=O)C2CCN(c3ccc(C4CCC(=O)NC4=O)cn3)CC2)CC1C(=O)N1CCC2(CC1)C(=O)N([C@H]1C[C@@H](N3CCCCC3)C1)c1cc(-c3cc4ncn(C(C)C)c4c(NC4CC4)n3)ccc12. The number of benzene rings is 1. The second-order valence-electron chi connectivity index (χ2n) is 22.6. The van der Waals surface area contributed by atoms with Gasteiger partial charge in [0, 0.05) is 93.2 Å². The van der Waals surface area contributed by atoms with Gasteiger partial charge >= 0.3 is 0 Å². The number of amides is 5. The van der Waals surface area contributed by atoms with Crippen molar-refractivity contribution in [1.29, 1.82) is 0 Å². The Hall–Kier alpha value is -5.90. The van der Waals surface area contributed by atoms with Gasteiger partial charge in [0.25, 0.3) is 0 Å². The summed E-state index contributed by atoms with van der Waals surface area (Å²) in [7, 11) is 0. The van der Waals surface area contributed by atoms with E-state index in [1.807, 2.05) is 28.3 Å². The zero-order valence-corrected chi connectivity index (χ0v) is 41.7. The molecule has 6 aliphatic heterocycles.